The van der Waals surface area contributed by atoms with Crippen molar-refractivity contribution in [2.24, 2.45) is 0 Å². The van der Waals surface area contributed by atoms with Gasteiger partial charge in [-0.05, 0) is 26.7 Å². The molecule has 4 nitrogen and oxygen atoms in total. The third-order valence-electron chi connectivity index (χ3n) is 2.84. The molecule has 0 aromatic rings. The van der Waals surface area contributed by atoms with Crippen molar-refractivity contribution in [2.45, 2.75) is 56.9 Å². The van der Waals surface area contributed by atoms with Gasteiger partial charge in [0, 0.05) is 0 Å². The summed E-state index contributed by atoms with van der Waals surface area (Å²) >= 11 is 0. The third kappa shape index (κ3) is 2.23. The van der Waals surface area contributed by atoms with Gasteiger partial charge in [-0.3, -0.25) is 0 Å². The van der Waals surface area contributed by atoms with Crippen molar-refractivity contribution in [3.63, 3.8) is 0 Å². The maximum atomic E-state index is 9.87. The lowest BCUT2D eigenvalue weighted by atomic mass is 9.96. The molecule has 0 radical (unpaired) electrons. The number of rotatable bonds is 0. The Morgan fingerprint density at radius 1 is 1.00 bits per heavy atom. The summed E-state index contributed by atoms with van der Waals surface area (Å²) in [6.07, 6.45) is 2.77. The fourth-order valence-electron chi connectivity index (χ4n) is 2.15. The standard InChI is InChI=1S/C11H18O4/c1-11(2)14-9-7(12)5-3-4-6-8(13)10(9)15-11/h3-4,7-10,12-13H,5-6H2,1-2H3/b4-3-/t7-,8-,9+,10+/m0/s1. The highest BCUT2D eigenvalue weighted by atomic mass is 16.8. The summed E-state index contributed by atoms with van der Waals surface area (Å²) in [5.41, 5.74) is 0. The van der Waals surface area contributed by atoms with E-state index >= 15 is 0 Å². The van der Waals surface area contributed by atoms with Crippen molar-refractivity contribution in [1.82, 2.24) is 0 Å². The highest BCUT2D eigenvalue weighted by Gasteiger charge is 2.47. The summed E-state index contributed by atoms with van der Waals surface area (Å²) in [6.45, 7) is 3.59. The lowest BCUT2D eigenvalue weighted by Crippen LogP contribution is -2.42. The van der Waals surface area contributed by atoms with Gasteiger partial charge >= 0.3 is 0 Å². The molecule has 1 saturated heterocycles. The van der Waals surface area contributed by atoms with Crippen LogP contribution in [0.1, 0.15) is 26.7 Å². The first-order chi connectivity index (χ1) is 6.99. The summed E-state index contributed by atoms with van der Waals surface area (Å²) in [5, 5.41) is 19.7. The van der Waals surface area contributed by atoms with Gasteiger partial charge in [0.05, 0.1) is 12.2 Å². The van der Waals surface area contributed by atoms with Gasteiger partial charge in [0.25, 0.3) is 0 Å². The van der Waals surface area contributed by atoms with E-state index in [1.54, 1.807) is 13.8 Å². The molecule has 2 aliphatic rings. The van der Waals surface area contributed by atoms with Crippen LogP contribution in [0.3, 0.4) is 0 Å². The first kappa shape index (κ1) is 11.1. The molecule has 1 aliphatic heterocycles. The zero-order valence-electron chi connectivity index (χ0n) is 9.09. The Kier molecular flexibility index (Phi) is 2.85. The number of ether oxygens (including phenoxy) is 2. The molecule has 1 fully saturated rings. The van der Waals surface area contributed by atoms with E-state index in [-0.39, 0.29) is 0 Å². The SMILES string of the molecule is CC1(C)O[C@H]2[C@H](O1)[C@@H](O)C/C=C\C[C@@H]2O. The van der Waals surface area contributed by atoms with Crippen LogP contribution in [0.5, 0.6) is 0 Å². The van der Waals surface area contributed by atoms with Crippen LogP contribution in [-0.2, 0) is 9.47 Å². The Morgan fingerprint density at radius 2 is 1.40 bits per heavy atom. The summed E-state index contributed by atoms with van der Waals surface area (Å²) < 4.78 is 11.2. The molecule has 0 amide bonds. The number of hydrogen-bond donors (Lipinski definition) is 2. The predicted octanol–water partition coefficient (Wildman–Crippen LogP) is 0.578. The quantitative estimate of drug-likeness (QED) is 0.579. The summed E-state index contributed by atoms with van der Waals surface area (Å²) in [7, 11) is 0. The molecule has 0 unspecified atom stereocenters. The van der Waals surface area contributed by atoms with Crippen LogP contribution >= 0.6 is 0 Å². The molecule has 1 aliphatic carbocycles. The predicted molar refractivity (Wildman–Crippen MR) is 54.2 cm³/mol. The van der Waals surface area contributed by atoms with E-state index in [0.717, 1.165) is 0 Å². The van der Waals surface area contributed by atoms with Gasteiger partial charge in [-0.25, -0.2) is 0 Å². The Bertz CT molecular complexity index is 237. The smallest absolute Gasteiger partial charge is 0.164 e. The second-order valence-electron chi connectivity index (χ2n) is 4.64. The van der Waals surface area contributed by atoms with Crippen molar-refractivity contribution >= 4 is 0 Å². The van der Waals surface area contributed by atoms with Gasteiger partial charge < -0.3 is 19.7 Å². The Morgan fingerprint density at radius 3 is 1.80 bits per heavy atom. The van der Waals surface area contributed by atoms with Gasteiger partial charge in [-0.15, -0.1) is 0 Å². The molecule has 15 heavy (non-hydrogen) atoms. The fourth-order valence-corrected chi connectivity index (χ4v) is 2.15. The van der Waals surface area contributed by atoms with Crippen LogP contribution in [0.25, 0.3) is 0 Å². The van der Waals surface area contributed by atoms with Crippen LogP contribution in [0.4, 0.5) is 0 Å². The van der Waals surface area contributed by atoms with E-state index in [1.165, 1.54) is 0 Å². The van der Waals surface area contributed by atoms with Gasteiger partial charge in [-0.2, -0.15) is 0 Å². The second kappa shape index (κ2) is 3.87. The number of hydrogen-bond acceptors (Lipinski definition) is 4. The van der Waals surface area contributed by atoms with E-state index in [4.69, 9.17) is 9.47 Å². The first-order valence-electron chi connectivity index (χ1n) is 5.36. The van der Waals surface area contributed by atoms with Crippen LogP contribution in [0.15, 0.2) is 12.2 Å². The van der Waals surface area contributed by atoms with Gasteiger partial charge in [-0.1, -0.05) is 12.2 Å². The van der Waals surface area contributed by atoms with Crippen molar-refractivity contribution in [3.8, 4) is 0 Å². The zero-order chi connectivity index (χ0) is 11.1. The summed E-state index contributed by atoms with van der Waals surface area (Å²) in [4.78, 5) is 0. The van der Waals surface area contributed by atoms with Crippen LogP contribution in [0, 0.1) is 0 Å². The molecule has 0 saturated carbocycles. The monoisotopic (exact) mass is 214 g/mol. The van der Waals surface area contributed by atoms with Crippen molar-refractivity contribution in [2.75, 3.05) is 0 Å². The van der Waals surface area contributed by atoms with E-state index < -0.39 is 30.2 Å². The third-order valence-corrected chi connectivity index (χ3v) is 2.84. The van der Waals surface area contributed by atoms with E-state index in [2.05, 4.69) is 0 Å². The average Bonchev–Trinajstić information content (AvgIpc) is 2.47. The molecule has 0 spiro atoms. The van der Waals surface area contributed by atoms with Gasteiger partial charge in [0.15, 0.2) is 5.79 Å². The average molecular weight is 214 g/mol. The molecule has 4 atom stereocenters. The van der Waals surface area contributed by atoms with E-state index in [1.807, 2.05) is 12.2 Å². The lowest BCUT2D eigenvalue weighted by molar-refractivity contribution is -0.160. The van der Waals surface area contributed by atoms with Crippen molar-refractivity contribution in [1.29, 1.82) is 0 Å². The molecule has 1 heterocycles. The minimum atomic E-state index is -0.721. The molecule has 2 N–H and O–H groups in total. The maximum absolute atomic E-state index is 9.87. The molecule has 2 rings (SSSR count). The molecule has 4 heteroatoms. The van der Waals surface area contributed by atoms with Crippen molar-refractivity contribution in [3.05, 3.63) is 12.2 Å². The molecular formula is C11H18O4. The fraction of sp³-hybridized carbons (Fsp3) is 0.818. The number of fused-ring (bicyclic) bond motifs is 1. The number of aliphatic hydroxyl groups excluding tert-OH is 2. The Hall–Kier alpha value is -0.420. The van der Waals surface area contributed by atoms with Crippen LogP contribution in [0.2, 0.25) is 0 Å². The minimum Gasteiger partial charge on any atom is -0.390 e. The van der Waals surface area contributed by atoms with Crippen LogP contribution in [-0.4, -0.2) is 40.4 Å². The highest BCUT2D eigenvalue weighted by Crippen LogP contribution is 2.34. The molecular weight excluding hydrogens is 196 g/mol. The molecule has 0 bridgehead atoms. The Labute approximate surface area is 89.5 Å². The Balaban J connectivity index is 2.19. The van der Waals surface area contributed by atoms with E-state index in [0.29, 0.717) is 12.8 Å². The normalized spacial score (nSPS) is 46.7. The molecule has 86 valence electrons. The maximum Gasteiger partial charge on any atom is 0.164 e. The van der Waals surface area contributed by atoms with Gasteiger partial charge in [0.1, 0.15) is 12.2 Å². The zero-order valence-corrected chi connectivity index (χ0v) is 9.09. The largest absolute Gasteiger partial charge is 0.390 e. The topological polar surface area (TPSA) is 58.9 Å². The van der Waals surface area contributed by atoms with E-state index in [9.17, 15) is 10.2 Å². The summed E-state index contributed by atoms with van der Waals surface area (Å²) in [6, 6.07) is 0. The summed E-state index contributed by atoms with van der Waals surface area (Å²) in [5.74, 6) is -0.721. The van der Waals surface area contributed by atoms with Gasteiger partial charge in [0.2, 0.25) is 0 Å². The highest BCUT2D eigenvalue weighted by molar-refractivity contribution is 4.99. The molecule has 0 aromatic heterocycles. The molecule has 0 aromatic carbocycles. The van der Waals surface area contributed by atoms with Crippen LogP contribution < -0.4 is 0 Å². The number of aliphatic hydroxyl groups is 2. The first-order valence-corrected chi connectivity index (χ1v) is 5.36. The van der Waals surface area contributed by atoms with Crippen molar-refractivity contribution < 1.29 is 19.7 Å². The lowest BCUT2D eigenvalue weighted by Gasteiger charge is -2.26. The minimum absolute atomic E-state index is 0.431. The second-order valence-corrected chi connectivity index (χ2v) is 4.64.